The molecule has 5 heteroatoms. The van der Waals surface area contributed by atoms with Gasteiger partial charge in [-0.15, -0.1) is 0 Å². The Morgan fingerprint density at radius 1 is 1.27 bits per heavy atom. The molecule has 138 valence electrons. The Labute approximate surface area is 153 Å². The summed E-state index contributed by atoms with van der Waals surface area (Å²) in [5, 5.41) is 0. The lowest BCUT2D eigenvalue weighted by Gasteiger charge is -2.40. The van der Waals surface area contributed by atoms with Crippen molar-refractivity contribution in [1.82, 2.24) is 4.90 Å². The Balaban J connectivity index is 1.74. The summed E-state index contributed by atoms with van der Waals surface area (Å²) in [5.41, 5.74) is 7.83. The van der Waals surface area contributed by atoms with Crippen molar-refractivity contribution in [3.05, 3.63) is 65.5 Å². The minimum atomic E-state index is -0.400. The molecule has 0 spiro atoms. The molecule has 1 aliphatic heterocycles. The number of carbonyl (C=O) groups is 1. The fourth-order valence-electron chi connectivity index (χ4n) is 3.64. The first-order valence-electron chi connectivity index (χ1n) is 9.02. The zero-order valence-electron chi connectivity index (χ0n) is 15.0. The van der Waals surface area contributed by atoms with Gasteiger partial charge in [-0.1, -0.05) is 30.3 Å². The molecule has 1 amide bonds. The Morgan fingerprint density at radius 2 is 2.08 bits per heavy atom. The van der Waals surface area contributed by atoms with E-state index in [0.717, 1.165) is 24.2 Å². The van der Waals surface area contributed by atoms with Crippen molar-refractivity contribution in [2.75, 3.05) is 13.7 Å². The fourth-order valence-corrected chi connectivity index (χ4v) is 3.64. The molecular formula is C21H25FN2O2. The predicted molar refractivity (Wildman–Crippen MR) is 99.4 cm³/mol. The normalized spacial score (nSPS) is 20.0. The molecule has 4 nitrogen and oxygen atoms in total. The first-order chi connectivity index (χ1) is 12.6. The number of carbonyl (C=O) groups excluding carboxylic acids is 1. The highest BCUT2D eigenvalue weighted by atomic mass is 19.1. The number of hydrogen-bond acceptors (Lipinski definition) is 3. The molecule has 0 bridgehead atoms. The molecule has 0 saturated carbocycles. The summed E-state index contributed by atoms with van der Waals surface area (Å²) in [4.78, 5) is 14.6. The van der Waals surface area contributed by atoms with Crippen LogP contribution in [0.15, 0.2) is 48.5 Å². The van der Waals surface area contributed by atoms with Gasteiger partial charge in [0, 0.05) is 24.6 Å². The lowest BCUT2D eigenvalue weighted by molar-refractivity contribution is -0.135. The summed E-state index contributed by atoms with van der Waals surface area (Å²) < 4.78 is 19.5. The molecule has 2 atom stereocenters. The van der Waals surface area contributed by atoms with E-state index in [-0.39, 0.29) is 17.8 Å². The maximum Gasteiger partial charge on any atom is 0.223 e. The van der Waals surface area contributed by atoms with E-state index >= 15 is 0 Å². The first kappa shape index (κ1) is 18.4. The van der Waals surface area contributed by atoms with Crippen molar-refractivity contribution < 1.29 is 13.9 Å². The van der Waals surface area contributed by atoms with E-state index < -0.39 is 6.04 Å². The molecule has 1 aliphatic rings. The molecule has 2 N–H and O–H groups in total. The zero-order valence-corrected chi connectivity index (χ0v) is 15.0. The van der Waals surface area contributed by atoms with Gasteiger partial charge in [-0.25, -0.2) is 4.39 Å². The van der Waals surface area contributed by atoms with Gasteiger partial charge in [0.25, 0.3) is 0 Å². The molecule has 0 aliphatic carbocycles. The van der Waals surface area contributed by atoms with Gasteiger partial charge in [0.1, 0.15) is 11.6 Å². The van der Waals surface area contributed by atoms with Crippen LogP contribution in [-0.2, 0) is 11.2 Å². The summed E-state index contributed by atoms with van der Waals surface area (Å²) in [7, 11) is 1.62. The number of halogens is 1. The van der Waals surface area contributed by atoms with Crippen LogP contribution in [0.5, 0.6) is 5.75 Å². The second kappa shape index (κ2) is 8.32. The number of hydrogen-bond donors (Lipinski definition) is 1. The van der Waals surface area contributed by atoms with Crippen molar-refractivity contribution in [3.8, 4) is 5.75 Å². The van der Waals surface area contributed by atoms with Crippen LogP contribution in [-0.4, -0.2) is 30.5 Å². The molecule has 0 aromatic heterocycles. The predicted octanol–water partition coefficient (Wildman–Crippen LogP) is 3.46. The van der Waals surface area contributed by atoms with Crippen molar-refractivity contribution in [2.24, 2.45) is 5.73 Å². The van der Waals surface area contributed by atoms with Crippen molar-refractivity contribution in [1.29, 1.82) is 0 Å². The molecule has 1 saturated heterocycles. The Morgan fingerprint density at radius 3 is 2.85 bits per heavy atom. The number of benzene rings is 2. The van der Waals surface area contributed by atoms with Crippen LogP contribution in [0.4, 0.5) is 4.39 Å². The summed E-state index contributed by atoms with van der Waals surface area (Å²) in [5.74, 6) is 0.482. The number of likely N-dealkylation sites (tertiary alicyclic amines) is 1. The number of ether oxygens (including phenoxy) is 1. The molecule has 1 heterocycles. The molecule has 3 rings (SSSR count). The maximum atomic E-state index is 14.3. The van der Waals surface area contributed by atoms with Gasteiger partial charge in [0.05, 0.1) is 13.2 Å². The van der Waals surface area contributed by atoms with Crippen LogP contribution < -0.4 is 10.5 Å². The van der Waals surface area contributed by atoms with Crippen LogP contribution >= 0.6 is 0 Å². The third-order valence-corrected chi connectivity index (χ3v) is 4.98. The number of rotatable bonds is 5. The van der Waals surface area contributed by atoms with Crippen LogP contribution in [0.2, 0.25) is 0 Å². The highest BCUT2D eigenvalue weighted by Gasteiger charge is 2.34. The lowest BCUT2D eigenvalue weighted by Crippen LogP contribution is -2.48. The SMILES string of the molecule is COc1cccc(CCC(=O)N2CCC[C@@H](N)[C@@H]2c2ccccc2F)c1. The minimum absolute atomic E-state index is 0.0104. The standard InChI is InChI=1S/C21H25FN2O2/c1-26-16-7-4-6-15(14-16)11-12-20(25)24-13-5-10-19(23)21(24)17-8-2-3-9-18(17)22/h2-4,6-9,14,19,21H,5,10-13,23H2,1H3/t19-,21+/m1/s1. The van der Waals surface area contributed by atoms with Crippen LogP contribution in [0.25, 0.3) is 0 Å². The quantitative estimate of drug-likeness (QED) is 0.893. The van der Waals surface area contributed by atoms with E-state index in [2.05, 4.69) is 0 Å². The maximum absolute atomic E-state index is 14.3. The molecular weight excluding hydrogens is 331 g/mol. The molecule has 0 unspecified atom stereocenters. The smallest absolute Gasteiger partial charge is 0.223 e. The largest absolute Gasteiger partial charge is 0.497 e. The topological polar surface area (TPSA) is 55.6 Å². The fraction of sp³-hybridized carbons (Fsp3) is 0.381. The van der Waals surface area contributed by atoms with E-state index in [0.29, 0.717) is 24.9 Å². The molecule has 2 aromatic carbocycles. The first-order valence-corrected chi connectivity index (χ1v) is 9.02. The van der Waals surface area contributed by atoms with Gasteiger partial charge in [-0.2, -0.15) is 0 Å². The average Bonchev–Trinajstić information content (AvgIpc) is 2.67. The third kappa shape index (κ3) is 4.05. The minimum Gasteiger partial charge on any atom is -0.497 e. The zero-order chi connectivity index (χ0) is 18.5. The second-order valence-corrected chi connectivity index (χ2v) is 6.71. The molecule has 1 fully saturated rings. The lowest BCUT2D eigenvalue weighted by atomic mass is 9.90. The van der Waals surface area contributed by atoms with Gasteiger partial charge >= 0.3 is 0 Å². The summed E-state index contributed by atoms with van der Waals surface area (Å²) in [6.45, 7) is 0.615. The summed E-state index contributed by atoms with van der Waals surface area (Å²) >= 11 is 0. The van der Waals surface area contributed by atoms with Gasteiger partial charge in [0.2, 0.25) is 5.91 Å². The number of amides is 1. The Bertz CT molecular complexity index is 765. The van der Waals surface area contributed by atoms with E-state index in [4.69, 9.17) is 10.5 Å². The number of aryl methyl sites for hydroxylation is 1. The van der Waals surface area contributed by atoms with E-state index in [9.17, 15) is 9.18 Å². The van der Waals surface area contributed by atoms with E-state index in [1.54, 1.807) is 30.2 Å². The Hall–Kier alpha value is -2.40. The van der Waals surface area contributed by atoms with Crippen molar-refractivity contribution in [2.45, 2.75) is 37.8 Å². The monoisotopic (exact) mass is 356 g/mol. The highest BCUT2D eigenvalue weighted by Crippen LogP contribution is 2.32. The second-order valence-electron chi connectivity index (χ2n) is 6.71. The van der Waals surface area contributed by atoms with Crippen molar-refractivity contribution >= 4 is 5.91 Å². The summed E-state index contributed by atoms with van der Waals surface area (Å²) in [6.07, 6.45) is 2.62. The molecule has 0 radical (unpaired) electrons. The Kier molecular flexibility index (Phi) is 5.89. The van der Waals surface area contributed by atoms with Crippen molar-refractivity contribution in [3.63, 3.8) is 0 Å². The number of methoxy groups -OCH3 is 1. The van der Waals surface area contributed by atoms with Gasteiger partial charge in [-0.05, 0) is 43.0 Å². The van der Waals surface area contributed by atoms with E-state index in [1.807, 2.05) is 24.3 Å². The number of nitrogens with two attached hydrogens (primary N) is 1. The van der Waals surface area contributed by atoms with Gasteiger partial charge in [0.15, 0.2) is 0 Å². The van der Waals surface area contributed by atoms with E-state index in [1.165, 1.54) is 6.07 Å². The molecule has 2 aromatic rings. The van der Waals surface area contributed by atoms with Gasteiger partial charge in [-0.3, -0.25) is 4.79 Å². The molecule has 26 heavy (non-hydrogen) atoms. The highest BCUT2D eigenvalue weighted by molar-refractivity contribution is 5.77. The average molecular weight is 356 g/mol. The number of nitrogens with zero attached hydrogens (tertiary/aromatic N) is 1. The number of piperidine rings is 1. The third-order valence-electron chi connectivity index (χ3n) is 4.98. The van der Waals surface area contributed by atoms with Crippen LogP contribution in [0.1, 0.15) is 36.4 Å². The summed E-state index contributed by atoms with van der Waals surface area (Å²) in [6, 6.07) is 13.7. The van der Waals surface area contributed by atoms with Gasteiger partial charge < -0.3 is 15.4 Å². The van der Waals surface area contributed by atoms with Crippen LogP contribution in [0, 0.1) is 5.82 Å². The van der Waals surface area contributed by atoms with Crippen LogP contribution in [0.3, 0.4) is 0 Å².